The Bertz CT molecular complexity index is 363. The van der Waals surface area contributed by atoms with Crippen molar-refractivity contribution in [2.24, 2.45) is 5.73 Å². The molecule has 1 aromatic rings. The zero-order chi connectivity index (χ0) is 11.4. The van der Waals surface area contributed by atoms with Crippen LogP contribution in [-0.2, 0) is 0 Å². The van der Waals surface area contributed by atoms with E-state index < -0.39 is 0 Å². The van der Waals surface area contributed by atoms with E-state index in [1.807, 2.05) is 18.2 Å². The van der Waals surface area contributed by atoms with Gasteiger partial charge in [-0.15, -0.1) is 0 Å². The van der Waals surface area contributed by atoms with Crippen molar-refractivity contribution < 1.29 is 0 Å². The quantitative estimate of drug-likeness (QED) is 0.813. The van der Waals surface area contributed by atoms with Crippen LogP contribution in [0.1, 0.15) is 31.4 Å². The maximum atomic E-state index is 6.06. The zero-order valence-corrected chi connectivity index (χ0v) is 11.1. The lowest BCUT2D eigenvalue weighted by Gasteiger charge is -2.13. The minimum absolute atomic E-state index is 0.0111. The molecule has 0 spiro atoms. The lowest BCUT2D eigenvalue weighted by atomic mass is 9.99. The monoisotopic (exact) mass is 287 g/mol. The Morgan fingerprint density at radius 1 is 1.60 bits per heavy atom. The molecule has 1 nitrogen and oxygen atoms in total. The van der Waals surface area contributed by atoms with E-state index in [1.165, 1.54) is 5.57 Å². The van der Waals surface area contributed by atoms with Crippen molar-refractivity contribution in [1.82, 2.24) is 0 Å². The number of rotatable bonds is 4. The fourth-order valence-electron chi connectivity index (χ4n) is 1.32. The summed E-state index contributed by atoms with van der Waals surface area (Å²) in [5.41, 5.74) is 8.28. The molecule has 1 aromatic carbocycles. The number of hydrogen-bond donors (Lipinski definition) is 1. The number of nitrogens with two attached hydrogens (primary N) is 1. The van der Waals surface area contributed by atoms with Gasteiger partial charge in [0.05, 0.1) is 5.02 Å². The van der Waals surface area contributed by atoms with Crippen molar-refractivity contribution in [1.29, 1.82) is 0 Å². The van der Waals surface area contributed by atoms with E-state index in [2.05, 4.69) is 29.4 Å². The highest BCUT2D eigenvalue weighted by molar-refractivity contribution is 9.10. The average molecular weight is 289 g/mol. The van der Waals surface area contributed by atoms with Crippen LogP contribution in [0.4, 0.5) is 0 Å². The van der Waals surface area contributed by atoms with Crippen molar-refractivity contribution >= 4 is 27.5 Å². The fraction of sp³-hybridized carbons (Fsp3) is 0.333. The van der Waals surface area contributed by atoms with Gasteiger partial charge >= 0.3 is 0 Å². The average Bonchev–Trinajstić information content (AvgIpc) is 2.21. The lowest BCUT2D eigenvalue weighted by molar-refractivity contribution is 0.701. The second-order valence-corrected chi connectivity index (χ2v) is 4.85. The van der Waals surface area contributed by atoms with Crippen LogP contribution < -0.4 is 5.73 Å². The summed E-state index contributed by atoms with van der Waals surface area (Å²) in [6.07, 6.45) is 1.78. The molecule has 3 heteroatoms. The first-order valence-electron chi connectivity index (χ1n) is 4.91. The first kappa shape index (κ1) is 12.8. The highest BCUT2D eigenvalue weighted by atomic mass is 79.9. The Morgan fingerprint density at radius 2 is 2.27 bits per heavy atom. The number of halogens is 2. The van der Waals surface area contributed by atoms with Crippen LogP contribution in [0.3, 0.4) is 0 Å². The largest absolute Gasteiger partial charge is 0.324 e. The Morgan fingerprint density at radius 3 is 2.80 bits per heavy atom. The molecule has 15 heavy (non-hydrogen) atoms. The molecule has 0 aliphatic heterocycles. The predicted molar refractivity (Wildman–Crippen MR) is 70.1 cm³/mol. The standard InChI is InChI=1S/C12H15BrClN/c1-3-8(2)6-12(15)9-4-5-10(13)11(14)7-9/h4-5,7,12H,2-3,6,15H2,1H3. The summed E-state index contributed by atoms with van der Waals surface area (Å²) in [6, 6.07) is 5.80. The first-order valence-corrected chi connectivity index (χ1v) is 6.08. The minimum Gasteiger partial charge on any atom is -0.324 e. The van der Waals surface area contributed by atoms with Gasteiger partial charge in [0.15, 0.2) is 0 Å². The van der Waals surface area contributed by atoms with Gasteiger partial charge in [0.2, 0.25) is 0 Å². The number of benzene rings is 1. The molecule has 0 amide bonds. The molecule has 0 saturated heterocycles. The van der Waals surface area contributed by atoms with Crippen LogP contribution in [0.2, 0.25) is 5.02 Å². The third-order valence-electron chi connectivity index (χ3n) is 2.38. The maximum Gasteiger partial charge on any atom is 0.0551 e. The minimum atomic E-state index is -0.0111. The van der Waals surface area contributed by atoms with Crippen LogP contribution in [0.15, 0.2) is 34.8 Å². The SMILES string of the molecule is C=C(CC)CC(N)c1ccc(Br)c(Cl)c1. The van der Waals surface area contributed by atoms with E-state index in [0.717, 1.165) is 22.9 Å². The van der Waals surface area contributed by atoms with Gasteiger partial charge in [0, 0.05) is 10.5 Å². The van der Waals surface area contributed by atoms with Gasteiger partial charge in [-0.2, -0.15) is 0 Å². The summed E-state index contributed by atoms with van der Waals surface area (Å²) >= 11 is 9.36. The lowest BCUT2D eigenvalue weighted by Crippen LogP contribution is -2.10. The van der Waals surface area contributed by atoms with Gasteiger partial charge in [0.1, 0.15) is 0 Å². The third kappa shape index (κ3) is 3.63. The Hall–Kier alpha value is -0.310. The summed E-state index contributed by atoms with van der Waals surface area (Å²) in [5, 5.41) is 0.699. The molecule has 0 radical (unpaired) electrons. The first-order chi connectivity index (χ1) is 7.04. The maximum absolute atomic E-state index is 6.06. The Balaban J connectivity index is 2.78. The second kappa shape index (κ2) is 5.69. The summed E-state index contributed by atoms with van der Waals surface area (Å²) in [6.45, 7) is 6.04. The highest BCUT2D eigenvalue weighted by Gasteiger charge is 2.08. The Kier molecular flexibility index (Phi) is 4.84. The molecule has 1 atom stereocenters. The molecular formula is C12H15BrClN. The molecule has 1 rings (SSSR count). The van der Waals surface area contributed by atoms with Crippen molar-refractivity contribution in [2.75, 3.05) is 0 Å². The number of hydrogen-bond acceptors (Lipinski definition) is 1. The van der Waals surface area contributed by atoms with E-state index in [9.17, 15) is 0 Å². The molecule has 0 fully saturated rings. The van der Waals surface area contributed by atoms with Crippen molar-refractivity contribution in [3.63, 3.8) is 0 Å². The predicted octanol–water partition coefficient (Wildman–Crippen LogP) is 4.46. The molecule has 0 saturated carbocycles. The summed E-state index contributed by atoms with van der Waals surface area (Å²) in [5.74, 6) is 0. The van der Waals surface area contributed by atoms with Crippen LogP contribution >= 0.6 is 27.5 Å². The molecule has 0 aromatic heterocycles. The smallest absolute Gasteiger partial charge is 0.0551 e. The molecule has 82 valence electrons. The van der Waals surface area contributed by atoms with Crippen LogP contribution in [-0.4, -0.2) is 0 Å². The van der Waals surface area contributed by atoms with Gasteiger partial charge in [0.25, 0.3) is 0 Å². The topological polar surface area (TPSA) is 26.0 Å². The summed E-state index contributed by atoms with van der Waals surface area (Å²) < 4.78 is 0.898. The molecule has 2 N–H and O–H groups in total. The van der Waals surface area contributed by atoms with Gasteiger partial charge < -0.3 is 5.73 Å². The fourth-order valence-corrected chi connectivity index (χ4v) is 1.75. The molecular weight excluding hydrogens is 273 g/mol. The van der Waals surface area contributed by atoms with Gasteiger partial charge in [-0.25, -0.2) is 0 Å². The molecule has 0 heterocycles. The third-order valence-corrected chi connectivity index (χ3v) is 3.61. The van der Waals surface area contributed by atoms with E-state index in [0.29, 0.717) is 5.02 Å². The van der Waals surface area contributed by atoms with Crippen LogP contribution in [0.25, 0.3) is 0 Å². The highest BCUT2D eigenvalue weighted by Crippen LogP contribution is 2.27. The van der Waals surface area contributed by atoms with Crippen molar-refractivity contribution in [3.05, 3.63) is 45.4 Å². The van der Waals surface area contributed by atoms with Crippen molar-refractivity contribution in [2.45, 2.75) is 25.8 Å². The van der Waals surface area contributed by atoms with E-state index >= 15 is 0 Å². The molecule has 0 aliphatic carbocycles. The molecule has 1 unspecified atom stereocenters. The van der Waals surface area contributed by atoms with E-state index in [1.54, 1.807) is 0 Å². The van der Waals surface area contributed by atoms with E-state index in [4.69, 9.17) is 17.3 Å². The second-order valence-electron chi connectivity index (χ2n) is 3.59. The molecule has 0 aliphatic rings. The Labute approximate surface area is 104 Å². The van der Waals surface area contributed by atoms with Gasteiger partial charge in [-0.3, -0.25) is 0 Å². The normalized spacial score (nSPS) is 12.5. The molecule has 0 bridgehead atoms. The van der Waals surface area contributed by atoms with Gasteiger partial charge in [-0.1, -0.05) is 36.7 Å². The summed E-state index contributed by atoms with van der Waals surface area (Å²) in [7, 11) is 0. The van der Waals surface area contributed by atoms with Crippen molar-refractivity contribution in [3.8, 4) is 0 Å². The van der Waals surface area contributed by atoms with Crippen LogP contribution in [0, 0.1) is 0 Å². The summed E-state index contributed by atoms with van der Waals surface area (Å²) in [4.78, 5) is 0. The van der Waals surface area contributed by atoms with E-state index in [-0.39, 0.29) is 6.04 Å². The zero-order valence-electron chi connectivity index (χ0n) is 8.76. The van der Waals surface area contributed by atoms with Gasteiger partial charge in [-0.05, 0) is 46.5 Å². The van der Waals surface area contributed by atoms with Crippen LogP contribution in [0.5, 0.6) is 0 Å².